The maximum absolute atomic E-state index is 11.7. The van der Waals surface area contributed by atoms with Crippen molar-refractivity contribution in [2.75, 3.05) is 26.2 Å². The number of aliphatic hydroxyl groups excluding tert-OH is 1. The third kappa shape index (κ3) is 2.25. The molecule has 0 aromatic carbocycles. The Bertz CT molecular complexity index is 243. The molecule has 2 heterocycles. The second kappa shape index (κ2) is 4.00. The van der Waals surface area contributed by atoms with Crippen LogP contribution in [0, 0.1) is 11.8 Å². The van der Waals surface area contributed by atoms with E-state index in [1.807, 2.05) is 4.90 Å². The summed E-state index contributed by atoms with van der Waals surface area (Å²) in [5.74, 6) is 1.42. The number of hydrogen-bond acceptors (Lipinski definition) is 2. The van der Waals surface area contributed by atoms with Gasteiger partial charge in [-0.1, -0.05) is 13.8 Å². The summed E-state index contributed by atoms with van der Waals surface area (Å²) >= 11 is 0. The molecule has 15 heavy (non-hydrogen) atoms. The van der Waals surface area contributed by atoms with Gasteiger partial charge in [0.15, 0.2) is 0 Å². The molecular weight excluding hydrogens is 192 g/mol. The van der Waals surface area contributed by atoms with Gasteiger partial charge in [0, 0.05) is 13.1 Å². The molecule has 86 valence electrons. The first kappa shape index (κ1) is 10.7. The molecule has 2 aliphatic heterocycles. The number of carbonyl (C=O) groups is 1. The summed E-state index contributed by atoms with van der Waals surface area (Å²) in [4.78, 5) is 15.3. The third-order valence-corrected chi connectivity index (χ3v) is 3.17. The first-order valence-corrected chi connectivity index (χ1v) is 5.78. The highest BCUT2D eigenvalue weighted by Crippen LogP contribution is 2.25. The fraction of sp³-hybridized carbons (Fsp3) is 0.909. The van der Waals surface area contributed by atoms with E-state index in [-0.39, 0.29) is 12.1 Å². The molecule has 0 aromatic heterocycles. The van der Waals surface area contributed by atoms with Gasteiger partial charge in [0.25, 0.3) is 0 Å². The van der Waals surface area contributed by atoms with Crippen LogP contribution in [0.25, 0.3) is 0 Å². The zero-order valence-corrected chi connectivity index (χ0v) is 9.52. The van der Waals surface area contributed by atoms with Gasteiger partial charge in [-0.05, 0) is 18.3 Å². The minimum Gasteiger partial charge on any atom is -0.389 e. The molecule has 2 aliphatic rings. The molecule has 0 radical (unpaired) electrons. The predicted molar refractivity (Wildman–Crippen MR) is 57.5 cm³/mol. The minimum absolute atomic E-state index is 0.111. The number of β-amino-alcohol motifs (C(OH)–C–C–N with tert-alkyl or cyclic N) is 1. The molecule has 0 aliphatic carbocycles. The van der Waals surface area contributed by atoms with Gasteiger partial charge in [-0.2, -0.15) is 0 Å². The fourth-order valence-corrected chi connectivity index (χ4v) is 2.35. The van der Waals surface area contributed by atoms with Crippen LogP contribution in [0.1, 0.15) is 20.3 Å². The van der Waals surface area contributed by atoms with E-state index in [2.05, 4.69) is 13.8 Å². The molecule has 0 bridgehead atoms. The van der Waals surface area contributed by atoms with E-state index in [4.69, 9.17) is 5.11 Å². The van der Waals surface area contributed by atoms with Gasteiger partial charge in [-0.25, -0.2) is 4.79 Å². The summed E-state index contributed by atoms with van der Waals surface area (Å²) in [6.07, 6.45) is 0.925. The highest BCUT2D eigenvalue weighted by molar-refractivity contribution is 5.76. The van der Waals surface area contributed by atoms with Crippen LogP contribution < -0.4 is 0 Å². The Labute approximate surface area is 90.9 Å². The predicted octanol–water partition coefficient (Wildman–Crippen LogP) is 0.761. The molecule has 2 rings (SSSR count). The molecule has 4 heteroatoms. The van der Waals surface area contributed by atoms with Gasteiger partial charge in [0.2, 0.25) is 0 Å². The highest BCUT2D eigenvalue weighted by Gasteiger charge is 2.37. The molecule has 2 fully saturated rings. The molecule has 4 nitrogen and oxygen atoms in total. The van der Waals surface area contributed by atoms with Crippen LogP contribution in [-0.4, -0.2) is 53.2 Å². The van der Waals surface area contributed by atoms with Crippen molar-refractivity contribution >= 4 is 6.03 Å². The van der Waals surface area contributed by atoms with Crippen molar-refractivity contribution in [3.05, 3.63) is 0 Å². The lowest BCUT2D eigenvalue weighted by Crippen LogP contribution is -2.62. The topological polar surface area (TPSA) is 43.8 Å². The van der Waals surface area contributed by atoms with E-state index in [9.17, 15) is 4.79 Å². The average molecular weight is 212 g/mol. The van der Waals surface area contributed by atoms with E-state index in [1.165, 1.54) is 6.42 Å². The molecule has 0 unspecified atom stereocenters. The Hall–Kier alpha value is -0.770. The Morgan fingerprint density at radius 1 is 1.27 bits per heavy atom. The first-order valence-electron chi connectivity index (χ1n) is 5.78. The van der Waals surface area contributed by atoms with Crippen molar-refractivity contribution < 1.29 is 9.90 Å². The van der Waals surface area contributed by atoms with Crippen molar-refractivity contribution in [3.8, 4) is 0 Å². The van der Waals surface area contributed by atoms with Gasteiger partial charge < -0.3 is 14.9 Å². The van der Waals surface area contributed by atoms with Crippen LogP contribution in [0.3, 0.4) is 0 Å². The highest BCUT2D eigenvalue weighted by atomic mass is 16.3. The molecule has 0 aromatic rings. The number of likely N-dealkylation sites (tertiary alicyclic amines) is 2. The van der Waals surface area contributed by atoms with Crippen molar-refractivity contribution in [2.24, 2.45) is 11.8 Å². The normalized spacial score (nSPS) is 22.9. The van der Waals surface area contributed by atoms with Gasteiger partial charge in [0.1, 0.15) is 0 Å². The zero-order valence-electron chi connectivity index (χ0n) is 9.52. The van der Waals surface area contributed by atoms with E-state index in [0.29, 0.717) is 19.0 Å². The van der Waals surface area contributed by atoms with E-state index in [0.717, 1.165) is 19.0 Å². The zero-order chi connectivity index (χ0) is 11.0. The lowest BCUT2D eigenvalue weighted by atomic mass is 9.90. The van der Waals surface area contributed by atoms with Gasteiger partial charge in [-0.15, -0.1) is 0 Å². The number of amides is 2. The summed E-state index contributed by atoms with van der Waals surface area (Å²) in [6.45, 7) is 7.29. The smallest absolute Gasteiger partial charge is 0.320 e. The van der Waals surface area contributed by atoms with E-state index >= 15 is 0 Å². The lowest BCUT2D eigenvalue weighted by Gasteiger charge is -2.46. The largest absolute Gasteiger partial charge is 0.389 e. The maximum atomic E-state index is 11.7. The van der Waals surface area contributed by atoms with Crippen LogP contribution in [0.5, 0.6) is 0 Å². The van der Waals surface area contributed by atoms with Crippen LogP contribution in [-0.2, 0) is 0 Å². The monoisotopic (exact) mass is 212 g/mol. The Morgan fingerprint density at radius 3 is 2.27 bits per heavy atom. The second-order valence-electron chi connectivity index (χ2n) is 5.24. The first-order chi connectivity index (χ1) is 7.06. The fourth-order valence-electron chi connectivity index (χ4n) is 2.35. The third-order valence-electron chi connectivity index (χ3n) is 3.17. The summed E-state index contributed by atoms with van der Waals surface area (Å²) in [5.41, 5.74) is 0. The molecule has 2 amide bonds. The number of nitrogens with zero attached hydrogens (tertiary/aromatic N) is 2. The molecule has 2 saturated heterocycles. The SMILES string of the molecule is CC(C)CC1CN(C(=O)N2CC(O)C2)C1. The van der Waals surface area contributed by atoms with Crippen molar-refractivity contribution in [2.45, 2.75) is 26.4 Å². The van der Waals surface area contributed by atoms with E-state index < -0.39 is 0 Å². The van der Waals surface area contributed by atoms with E-state index in [1.54, 1.807) is 4.90 Å². The van der Waals surface area contributed by atoms with Crippen LogP contribution >= 0.6 is 0 Å². The molecule has 0 atom stereocenters. The number of aliphatic hydroxyl groups is 1. The van der Waals surface area contributed by atoms with Crippen LogP contribution in [0.4, 0.5) is 4.79 Å². The standard InChI is InChI=1S/C11H20N2O2/c1-8(2)3-9-4-12(5-9)11(15)13-6-10(14)7-13/h8-10,14H,3-7H2,1-2H3. The van der Waals surface area contributed by atoms with Crippen LogP contribution in [0.15, 0.2) is 0 Å². The van der Waals surface area contributed by atoms with Crippen LogP contribution in [0.2, 0.25) is 0 Å². The molecule has 1 N–H and O–H groups in total. The summed E-state index contributed by atoms with van der Waals surface area (Å²) in [7, 11) is 0. The summed E-state index contributed by atoms with van der Waals surface area (Å²) in [5, 5.41) is 9.10. The molecular formula is C11H20N2O2. The second-order valence-corrected chi connectivity index (χ2v) is 5.24. The average Bonchev–Trinajstić information content (AvgIpc) is 2.03. The Morgan fingerprint density at radius 2 is 1.80 bits per heavy atom. The maximum Gasteiger partial charge on any atom is 0.320 e. The van der Waals surface area contributed by atoms with Crippen molar-refractivity contribution in [1.29, 1.82) is 0 Å². The summed E-state index contributed by atoms with van der Waals surface area (Å²) < 4.78 is 0. The molecule has 0 spiro atoms. The van der Waals surface area contributed by atoms with Gasteiger partial charge >= 0.3 is 6.03 Å². The number of carbonyl (C=O) groups excluding carboxylic acids is 1. The number of rotatable bonds is 2. The summed E-state index contributed by atoms with van der Waals surface area (Å²) in [6, 6.07) is 0.111. The van der Waals surface area contributed by atoms with Crippen molar-refractivity contribution in [1.82, 2.24) is 9.80 Å². The number of urea groups is 1. The Balaban J connectivity index is 1.68. The van der Waals surface area contributed by atoms with Gasteiger partial charge in [0.05, 0.1) is 19.2 Å². The molecule has 0 saturated carbocycles. The quantitative estimate of drug-likeness (QED) is 0.734. The minimum atomic E-state index is -0.290. The van der Waals surface area contributed by atoms with Gasteiger partial charge in [-0.3, -0.25) is 0 Å². The number of hydrogen-bond donors (Lipinski definition) is 1. The lowest BCUT2D eigenvalue weighted by molar-refractivity contribution is -0.0000796. The van der Waals surface area contributed by atoms with Crippen molar-refractivity contribution in [3.63, 3.8) is 0 Å². The Kier molecular flexibility index (Phi) is 2.87.